The Hall–Kier alpha value is -15.6. The van der Waals surface area contributed by atoms with Crippen LogP contribution in [0.3, 0.4) is 0 Å². The fraction of sp³-hybridized carbons (Fsp3) is 0.256. The molecule has 148 heavy (non-hydrogen) atoms. The highest BCUT2D eigenvalue weighted by molar-refractivity contribution is 5.94. The van der Waals surface area contributed by atoms with E-state index in [0.29, 0.717) is 11.3 Å². The van der Waals surface area contributed by atoms with Crippen molar-refractivity contribution in [3.63, 3.8) is 0 Å². The first-order valence-corrected chi connectivity index (χ1v) is 48.0. The maximum atomic E-state index is 15.6. The lowest BCUT2D eigenvalue weighted by molar-refractivity contribution is -0.349. The average Bonchev–Trinajstić information content (AvgIpc) is 0.769. The minimum absolute atomic E-state index is 0.00722. The van der Waals surface area contributed by atoms with Crippen LogP contribution >= 0.6 is 0 Å². The van der Waals surface area contributed by atoms with E-state index in [9.17, 15) is 4.79 Å². The molecule has 760 valence electrons. The number of esters is 9. The molecule has 0 aromatic heterocycles. The third-order valence-electron chi connectivity index (χ3n) is 24.7. The number of hydrogen-bond donors (Lipinski definition) is 0. The van der Waals surface area contributed by atoms with E-state index in [4.69, 9.17) is 104 Å². The molecule has 0 aliphatic carbocycles. The highest BCUT2D eigenvalue weighted by Crippen LogP contribution is 2.41. The van der Waals surface area contributed by atoms with Crippen LogP contribution in [0.2, 0.25) is 0 Å². The largest absolute Gasteiger partial charge is 0.497 e. The van der Waals surface area contributed by atoms with E-state index in [1.807, 2.05) is 91.0 Å². The molecule has 0 unspecified atom stereocenters. The summed E-state index contributed by atoms with van der Waals surface area (Å²) in [7, 11) is 2.94. The highest BCUT2D eigenvalue weighted by Gasteiger charge is 2.60. The summed E-state index contributed by atoms with van der Waals surface area (Å²) in [5, 5.41) is 0. The monoisotopic (exact) mass is 2010 g/mol. The number of carbonyl (C=O) groups is 9. The van der Waals surface area contributed by atoms with Gasteiger partial charge in [-0.05, 0) is 144 Å². The standard InChI is InChI=1S/C117H106O31/c1-127-88-65-63-78(64-66-88)67-129-71-89-94(140-105(118)79-45-21-6-22-46-79)98(143-108(121)82-51-27-9-28-52-82)102(146-111(124)85-57-33-12-34-58-85)115(137-89)134-73-91-95(141-106(119)80-47-23-7-24-48-80)100(145-110(123)84-55-31-11-32-56-84)104(148-113(126)87-61-37-14-38-62-87)117(139-91)135-74-92-96(142-107(120)81-49-25-8-26-50-81)99(144-109(122)83-53-29-10-30-54-83)103(147-112(125)86-59-35-13-36-60-86)116(138-92)133-72-90-93(130-68-75-39-15-3-16-40-75)97(131-69-76-41-17-4-18-42-76)101(114(128-2)136-90)132-70-77-43-19-5-20-44-77/h3-66,89-104,114-117H,67-74H2,1-2H3/t89-,90-,91-,92-,93-,94-,95-,96-,97+,98+,99+,100+,101-,102-,103-,104-,114+,115-,116-,117-/m1/s1. The van der Waals surface area contributed by atoms with Gasteiger partial charge in [0, 0.05) is 7.11 Å². The maximum absolute atomic E-state index is 15.6. The molecule has 0 saturated carbocycles. The molecule has 0 bridgehead atoms. The second-order valence-corrected chi connectivity index (χ2v) is 34.7. The van der Waals surface area contributed by atoms with Gasteiger partial charge in [0.25, 0.3) is 0 Å². The highest BCUT2D eigenvalue weighted by atomic mass is 16.8. The second kappa shape index (κ2) is 52.0. The third-order valence-corrected chi connectivity index (χ3v) is 24.7. The predicted octanol–water partition coefficient (Wildman–Crippen LogP) is 16.6. The molecule has 4 saturated heterocycles. The van der Waals surface area contributed by atoms with Gasteiger partial charge in [-0.25, -0.2) is 43.2 Å². The van der Waals surface area contributed by atoms with Crippen molar-refractivity contribution in [1.82, 2.24) is 0 Å². The van der Waals surface area contributed by atoms with E-state index in [1.165, 1.54) is 123 Å². The van der Waals surface area contributed by atoms with Crippen LogP contribution in [0.1, 0.15) is 115 Å². The maximum Gasteiger partial charge on any atom is 0.338 e. The first-order valence-electron chi connectivity index (χ1n) is 48.0. The number of benzene rings is 13. The fourth-order valence-corrected chi connectivity index (χ4v) is 17.2. The summed E-state index contributed by atoms with van der Waals surface area (Å²) in [6.45, 7) is -3.17. The van der Waals surface area contributed by atoms with Gasteiger partial charge in [0.1, 0.15) is 48.5 Å². The number of ether oxygens (including phenoxy) is 22. The van der Waals surface area contributed by atoms with Crippen molar-refractivity contribution in [3.8, 4) is 5.75 Å². The zero-order valence-electron chi connectivity index (χ0n) is 80.3. The number of carbonyl (C=O) groups excluding carboxylic acids is 9. The first kappa shape index (κ1) is 104. The van der Waals surface area contributed by atoms with Crippen molar-refractivity contribution >= 4 is 53.7 Å². The van der Waals surface area contributed by atoms with Crippen LogP contribution in [0.25, 0.3) is 0 Å². The van der Waals surface area contributed by atoms with E-state index in [0.717, 1.165) is 16.7 Å². The summed E-state index contributed by atoms with van der Waals surface area (Å²) in [6.07, 6.45) is -35.7. The summed E-state index contributed by atoms with van der Waals surface area (Å²) in [4.78, 5) is 138. The Morgan fingerprint density at radius 3 is 0.642 bits per heavy atom. The lowest BCUT2D eigenvalue weighted by atomic mass is 9.96. The van der Waals surface area contributed by atoms with Gasteiger partial charge in [-0.1, -0.05) is 267 Å². The molecule has 0 N–H and O–H groups in total. The molecular formula is C117H106O31. The lowest BCUT2D eigenvalue weighted by Crippen LogP contribution is -2.66. The van der Waals surface area contributed by atoms with Gasteiger partial charge in [0.05, 0.1) is 110 Å². The molecule has 4 aliphatic rings. The number of rotatable bonds is 42. The lowest BCUT2D eigenvalue weighted by Gasteiger charge is -2.48. The van der Waals surface area contributed by atoms with Crippen molar-refractivity contribution < 1.29 is 147 Å². The summed E-state index contributed by atoms with van der Waals surface area (Å²) in [6, 6.07) is 104. The van der Waals surface area contributed by atoms with Crippen molar-refractivity contribution in [1.29, 1.82) is 0 Å². The van der Waals surface area contributed by atoms with Gasteiger partial charge >= 0.3 is 53.7 Å². The zero-order valence-corrected chi connectivity index (χ0v) is 80.3. The molecule has 4 fully saturated rings. The molecule has 17 rings (SSSR count). The summed E-state index contributed by atoms with van der Waals surface area (Å²) in [5.41, 5.74) is 2.62. The first-order chi connectivity index (χ1) is 72.5. The van der Waals surface area contributed by atoms with E-state index >= 15 is 38.4 Å². The molecule has 31 nitrogen and oxygen atoms in total. The SMILES string of the molecule is COc1ccc(COC[C@H]2O[C@@H](OC[C@H]3O[C@@H](OC[C@H]4O[C@@H](OC[C@H]5O[C@H](OC)[C@H](OCc6ccccc6)[C@@H](OCc6ccccc6)[C@@H]5OCc5ccccc5)[C@H](OC(=O)c5ccccc5)[C@@H](OC(=O)c5ccccc5)[C@@H]4OC(=O)c4ccccc4)[C@H](OC(=O)c4ccccc4)[C@@H](OC(=O)c4ccccc4)[C@@H]3OC(=O)c3ccccc3)[C@H](OC(=O)c3ccccc3)[C@@H](OC(=O)c3ccccc3)[C@@H]2OC(=O)c2ccccc2)cc1. The smallest absolute Gasteiger partial charge is 0.338 e. The molecule has 13 aromatic rings. The Balaban J connectivity index is 0.806. The number of methoxy groups -OCH3 is 2. The molecule has 0 radical (unpaired) electrons. The minimum atomic E-state index is -2.22. The van der Waals surface area contributed by atoms with Gasteiger partial charge < -0.3 is 104 Å². The average molecular weight is 2010 g/mol. The van der Waals surface area contributed by atoms with E-state index < -0.39 is 203 Å². The topological polar surface area (TPSA) is 357 Å². The summed E-state index contributed by atoms with van der Waals surface area (Å²) >= 11 is 0. The van der Waals surface area contributed by atoms with Crippen LogP contribution in [-0.2, 0) is 126 Å². The summed E-state index contributed by atoms with van der Waals surface area (Å²) in [5.74, 6) is -8.89. The van der Waals surface area contributed by atoms with Crippen molar-refractivity contribution in [2.75, 3.05) is 40.6 Å². The molecule has 4 heterocycles. The Bertz CT molecular complexity index is 6430. The quantitative estimate of drug-likeness (QED) is 0.0253. The van der Waals surface area contributed by atoms with Gasteiger partial charge in [-0.2, -0.15) is 0 Å². The van der Waals surface area contributed by atoms with Crippen LogP contribution in [0.15, 0.2) is 388 Å². The van der Waals surface area contributed by atoms with Crippen LogP contribution in [0, 0.1) is 0 Å². The Morgan fingerprint density at radius 1 is 0.189 bits per heavy atom. The Morgan fingerprint density at radius 2 is 0.392 bits per heavy atom. The van der Waals surface area contributed by atoms with Crippen molar-refractivity contribution in [2.45, 2.75) is 149 Å². The van der Waals surface area contributed by atoms with Crippen molar-refractivity contribution in [3.05, 3.63) is 461 Å². The van der Waals surface area contributed by atoms with Crippen LogP contribution < -0.4 is 4.74 Å². The summed E-state index contributed by atoms with van der Waals surface area (Å²) < 4.78 is 149. The van der Waals surface area contributed by atoms with Gasteiger partial charge in [0.15, 0.2) is 80.1 Å². The molecule has 0 spiro atoms. The third kappa shape index (κ3) is 27.4. The van der Waals surface area contributed by atoms with Crippen LogP contribution in [0.5, 0.6) is 5.75 Å². The van der Waals surface area contributed by atoms with E-state index in [-0.39, 0.29) is 76.5 Å². The van der Waals surface area contributed by atoms with Crippen LogP contribution in [-0.4, -0.2) is 217 Å². The fourth-order valence-electron chi connectivity index (χ4n) is 17.2. The van der Waals surface area contributed by atoms with E-state index in [2.05, 4.69) is 0 Å². The molecule has 13 aromatic carbocycles. The van der Waals surface area contributed by atoms with Crippen molar-refractivity contribution in [2.24, 2.45) is 0 Å². The molecular weight excluding hydrogens is 1900 g/mol. The minimum Gasteiger partial charge on any atom is -0.497 e. The van der Waals surface area contributed by atoms with Gasteiger partial charge in [-0.3, -0.25) is 0 Å². The molecule has 4 aliphatic heterocycles. The Kier molecular flexibility index (Phi) is 36.4. The number of hydrogen-bond acceptors (Lipinski definition) is 31. The van der Waals surface area contributed by atoms with Gasteiger partial charge in [0.2, 0.25) is 0 Å². The van der Waals surface area contributed by atoms with Gasteiger partial charge in [-0.15, -0.1) is 0 Å². The second-order valence-electron chi connectivity index (χ2n) is 34.7. The van der Waals surface area contributed by atoms with Crippen LogP contribution in [0.4, 0.5) is 0 Å². The Labute approximate surface area is 852 Å². The molecule has 31 heteroatoms. The predicted molar refractivity (Wildman–Crippen MR) is 528 cm³/mol. The molecule has 20 atom stereocenters. The zero-order chi connectivity index (χ0) is 102. The molecule has 0 amide bonds. The van der Waals surface area contributed by atoms with E-state index in [1.54, 1.807) is 188 Å². The normalized spacial score (nSPS) is 23.5.